The van der Waals surface area contributed by atoms with Gasteiger partial charge >= 0.3 is 0 Å². The second-order valence-electron chi connectivity index (χ2n) is 5.06. The Balaban J connectivity index is 2.03. The molecule has 0 N–H and O–H groups in total. The van der Waals surface area contributed by atoms with Gasteiger partial charge in [-0.05, 0) is 30.3 Å². The van der Waals surface area contributed by atoms with Crippen LogP contribution in [-0.2, 0) is 6.42 Å². The summed E-state index contributed by atoms with van der Waals surface area (Å²) in [6.07, 6.45) is 0.694. The van der Waals surface area contributed by atoms with E-state index in [1.54, 1.807) is 6.07 Å². The number of fused-ring (bicyclic) bond motifs is 1. The minimum Gasteiger partial charge on any atom is -0.289 e. The van der Waals surface area contributed by atoms with E-state index in [0.717, 1.165) is 24.3 Å². The predicted molar refractivity (Wildman–Crippen MR) is 75.7 cm³/mol. The number of nitrogens with zero attached hydrogens (tertiary/aromatic N) is 2. The molecule has 0 saturated carbocycles. The van der Waals surface area contributed by atoms with Gasteiger partial charge in [-0.3, -0.25) is 9.59 Å². The monoisotopic (exact) mass is 328 g/mol. The van der Waals surface area contributed by atoms with Crippen LogP contribution in [0.2, 0.25) is 0 Å². The zero-order valence-corrected chi connectivity index (χ0v) is 11.9. The van der Waals surface area contributed by atoms with Crippen molar-refractivity contribution in [2.45, 2.75) is 6.42 Å². The number of allylic oxidation sites excluding steroid dienone is 2. The molecule has 4 nitrogen and oxygen atoms in total. The van der Waals surface area contributed by atoms with Crippen LogP contribution in [0.5, 0.6) is 0 Å². The van der Waals surface area contributed by atoms with Crippen molar-refractivity contribution in [1.29, 1.82) is 5.26 Å². The molecule has 0 bridgehead atoms. The van der Waals surface area contributed by atoms with Gasteiger partial charge in [-0.1, -0.05) is 0 Å². The topological polar surface area (TPSA) is 70.8 Å². The van der Waals surface area contributed by atoms with Crippen molar-refractivity contribution < 1.29 is 22.8 Å². The number of Topliss-reactive ketones (excluding diaryl/α,β-unsaturated/α-hetero) is 1. The number of hydrogen-bond acceptors (Lipinski definition) is 4. The molecule has 1 heterocycles. The minimum absolute atomic E-state index is 0.111. The summed E-state index contributed by atoms with van der Waals surface area (Å²) in [5.74, 6) is -4.47. The van der Waals surface area contributed by atoms with Gasteiger partial charge in [0.2, 0.25) is 0 Å². The summed E-state index contributed by atoms with van der Waals surface area (Å²) in [7, 11) is 0. The van der Waals surface area contributed by atoms with Crippen LogP contribution in [0.3, 0.4) is 0 Å². The van der Waals surface area contributed by atoms with Crippen molar-refractivity contribution in [1.82, 2.24) is 4.98 Å². The molecule has 1 aromatic heterocycles. The first kappa shape index (κ1) is 15.6. The Bertz CT molecular complexity index is 975. The molecule has 0 amide bonds. The Morgan fingerprint density at radius 3 is 2.25 bits per heavy atom. The smallest absolute Gasteiger partial charge is 0.193 e. The predicted octanol–water partition coefficient (Wildman–Crippen LogP) is 2.92. The number of nitriles is 1. The zero-order chi connectivity index (χ0) is 17.4. The molecule has 2 aromatic rings. The molecule has 118 valence electrons. The molecule has 24 heavy (non-hydrogen) atoms. The summed E-state index contributed by atoms with van der Waals surface area (Å²) in [6.45, 7) is 0. The van der Waals surface area contributed by atoms with E-state index in [2.05, 4.69) is 4.98 Å². The van der Waals surface area contributed by atoms with E-state index in [0.29, 0.717) is 0 Å². The Kier molecular flexibility index (Phi) is 3.73. The van der Waals surface area contributed by atoms with Crippen molar-refractivity contribution in [2.75, 3.05) is 0 Å². The van der Waals surface area contributed by atoms with Crippen molar-refractivity contribution in [3.63, 3.8) is 0 Å². The number of aromatic nitrogens is 1. The van der Waals surface area contributed by atoms with Crippen LogP contribution >= 0.6 is 0 Å². The van der Waals surface area contributed by atoms with Crippen LogP contribution in [0, 0.1) is 28.8 Å². The summed E-state index contributed by atoms with van der Waals surface area (Å²) in [6, 6.07) is 5.35. The standard InChI is InChI=1S/C17H7F3N2O2/c18-10-2-1-9(22-13(10)7-21)5-8-6-14(23)15-11(19)3-4-12(20)16(15)17(8)24/h1-4,6H,5H2. The maximum absolute atomic E-state index is 13.9. The van der Waals surface area contributed by atoms with Crippen LogP contribution in [0.25, 0.3) is 0 Å². The number of hydrogen-bond donors (Lipinski definition) is 0. The number of halogens is 3. The van der Waals surface area contributed by atoms with Crippen molar-refractivity contribution in [2.24, 2.45) is 0 Å². The van der Waals surface area contributed by atoms with Gasteiger partial charge in [0.05, 0.1) is 11.1 Å². The minimum atomic E-state index is -1.000. The fourth-order valence-corrected chi connectivity index (χ4v) is 2.46. The Hall–Kier alpha value is -3.27. The first-order valence-electron chi connectivity index (χ1n) is 6.75. The molecule has 0 atom stereocenters. The van der Waals surface area contributed by atoms with Crippen molar-refractivity contribution in [3.05, 3.63) is 75.9 Å². The molecular formula is C17H7F3N2O2. The highest BCUT2D eigenvalue weighted by Crippen LogP contribution is 2.27. The summed E-state index contributed by atoms with van der Waals surface area (Å²) in [5.41, 5.74) is -1.64. The number of pyridine rings is 1. The third-order valence-corrected chi connectivity index (χ3v) is 3.56. The van der Waals surface area contributed by atoms with Crippen molar-refractivity contribution in [3.8, 4) is 6.07 Å². The average Bonchev–Trinajstić information content (AvgIpc) is 2.56. The summed E-state index contributed by atoms with van der Waals surface area (Å²) < 4.78 is 40.9. The van der Waals surface area contributed by atoms with E-state index in [1.165, 1.54) is 6.07 Å². The lowest BCUT2D eigenvalue weighted by atomic mass is 9.87. The average molecular weight is 328 g/mol. The van der Waals surface area contributed by atoms with Gasteiger partial charge in [0.1, 0.15) is 17.7 Å². The van der Waals surface area contributed by atoms with E-state index < -0.39 is 45.8 Å². The molecule has 0 unspecified atom stereocenters. The molecule has 0 aliphatic heterocycles. The molecule has 0 radical (unpaired) electrons. The molecule has 1 aromatic carbocycles. The maximum Gasteiger partial charge on any atom is 0.193 e. The van der Waals surface area contributed by atoms with Gasteiger partial charge in [0.15, 0.2) is 23.1 Å². The SMILES string of the molecule is N#Cc1nc(CC2=CC(=O)c3c(F)ccc(F)c3C2=O)ccc1F. The van der Waals surface area contributed by atoms with Gasteiger partial charge in [-0.15, -0.1) is 0 Å². The first-order valence-corrected chi connectivity index (χ1v) is 6.75. The van der Waals surface area contributed by atoms with E-state index in [1.807, 2.05) is 0 Å². The molecule has 0 fully saturated rings. The maximum atomic E-state index is 13.9. The third kappa shape index (κ3) is 2.48. The number of rotatable bonds is 2. The number of ketones is 2. The van der Waals surface area contributed by atoms with Crippen LogP contribution in [0.15, 0.2) is 35.9 Å². The fourth-order valence-electron chi connectivity index (χ4n) is 2.46. The molecular weight excluding hydrogens is 321 g/mol. The van der Waals surface area contributed by atoms with Crippen molar-refractivity contribution >= 4 is 11.6 Å². The van der Waals surface area contributed by atoms with Gasteiger partial charge in [0.25, 0.3) is 0 Å². The lowest BCUT2D eigenvalue weighted by Gasteiger charge is -2.16. The van der Waals surface area contributed by atoms with E-state index in [-0.39, 0.29) is 17.7 Å². The number of carbonyl (C=O) groups excluding carboxylic acids is 2. The zero-order valence-electron chi connectivity index (χ0n) is 11.9. The highest BCUT2D eigenvalue weighted by Gasteiger charge is 2.31. The van der Waals surface area contributed by atoms with Gasteiger partial charge in [-0.2, -0.15) is 5.26 Å². The third-order valence-electron chi connectivity index (χ3n) is 3.56. The second-order valence-corrected chi connectivity index (χ2v) is 5.06. The Morgan fingerprint density at radius 2 is 1.58 bits per heavy atom. The Labute approximate surface area is 133 Å². The molecule has 1 aliphatic rings. The van der Waals surface area contributed by atoms with Crippen LogP contribution < -0.4 is 0 Å². The molecule has 7 heteroatoms. The van der Waals surface area contributed by atoms with Crippen LogP contribution in [-0.4, -0.2) is 16.6 Å². The van der Waals surface area contributed by atoms with Crippen LogP contribution in [0.1, 0.15) is 32.1 Å². The highest BCUT2D eigenvalue weighted by molar-refractivity contribution is 6.24. The van der Waals surface area contributed by atoms with Crippen LogP contribution in [0.4, 0.5) is 13.2 Å². The molecule has 1 aliphatic carbocycles. The number of carbonyl (C=O) groups is 2. The lowest BCUT2D eigenvalue weighted by Crippen LogP contribution is -2.22. The second kappa shape index (κ2) is 5.74. The quantitative estimate of drug-likeness (QED) is 0.850. The van der Waals surface area contributed by atoms with Gasteiger partial charge in [0, 0.05) is 17.7 Å². The molecule has 0 saturated heterocycles. The Morgan fingerprint density at radius 1 is 0.958 bits per heavy atom. The van der Waals surface area contributed by atoms with E-state index in [9.17, 15) is 22.8 Å². The summed E-state index contributed by atoms with van der Waals surface area (Å²) >= 11 is 0. The van der Waals surface area contributed by atoms with Gasteiger partial charge < -0.3 is 0 Å². The first-order chi connectivity index (χ1) is 11.4. The van der Waals surface area contributed by atoms with Gasteiger partial charge in [-0.25, -0.2) is 18.2 Å². The lowest BCUT2D eigenvalue weighted by molar-refractivity contribution is 0.0975. The fraction of sp³-hybridized carbons (Fsp3) is 0.0588. The van der Waals surface area contributed by atoms with E-state index in [4.69, 9.17) is 5.26 Å². The molecule has 3 rings (SSSR count). The van der Waals surface area contributed by atoms with E-state index >= 15 is 0 Å². The molecule has 0 spiro atoms. The normalized spacial score (nSPS) is 13.3. The summed E-state index contributed by atoms with van der Waals surface area (Å²) in [5, 5.41) is 8.76. The summed E-state index contributed by atoms with van der Waals surface area (Å²) in [4.78, 5) is 28.1. The largest absolute Gasteiger partial charge is 0.289 e. The number of benzene rings is 1. The highest BCUT2D eigenvalue weighted by atomic mass is 19.1.